The average Bonchev–Trinajstić information content (AvgIpc) is 2.28. The van der Waals surface area contributed by atoms with Gasteiger partial charge in [0.1, 0.15) is 0 Å². The summed E-state index contributed by atoms with van der Waals surface area (Å²) in [6.45, 7) is 7.13. The Morgan fingerprint density at radius 2 is 2.28 bits per heavy atom. The first kappa shape index (κ1) is 15.2. The van der Waals surface area contributed by atoms with E-state index in [-0.39, 0.29) is 23.8 Å². The molecule has 5 nitrogen and oxygen atoms in total. The van der Waals surface area contributed by atoms with E-state index in [0.29, 0.717) is 6.54 Å². The molecular formula is C13H26N2O3. The SMILES string of the molecule is COC(C)(C)C[C@H](C)NC(=O)N1CCC[C@@H](O)C1. The van der Waals surface area contributed by atoms with Gasteiger partial charge in [0.25, 0.3) is 0 Å². The van der Waals surface area contributed by atoms with Crippen LogP contribution in [0.5, 0.6) is 0 Å². The molecule has 1 heterocycles. The summed E-state index contributed by atoms with van der Waals surface area (Å²) in [5, 5.41) is 12.5. The van der Waals surface area contributed by atoms with Crippen LogP contribution in [0, 0.1) is 0 Å². The molecule has 0 spiro atoms. The van der Waals surface area contributed by atoms with Crippen LogP contribution in [0.2, 0.25) is 0 Å². The third-order valence-corrected chi connectivity index (χ3v) is 3.40. The molecule has 1 aliphatic heterocycles. The van der Waals surface area contributed by atoms with E-state index in [2.05, 4.69) is 5.32 Å². The quantitative estimate of drug-likeness (QED) is 0.800. The first-order valence-electron chi connectivity index (χ1n) is 6.63. The molecule has 0 aromatic rings. The summed E-state index contributed by atoms with van der Waals surface area (Å²) in [5.74, 6) is 0. The molecule has 0 aromatic carbocycles. The molecule has 2 N–H and O–H groups in total. The van der Waals surface area contributed by atoms with Crippen molar-refractivity contribution in [2.45, 2.75) is 57.8 Å². The summed E-state index contributed by atoms with van der Waals surface area (Å²) in [7, 11) is 1.68. The zero-order valence-electron chi connectivity index (χ0n) is 11.9. The van der Waals surface area contributed by atoms with Crippen LogP contribution in [0.15, 0.2) is 0 Å². The summed E-state index contributed by atoms with van der Waals surface area (Å²) in [6, 6.07) is -0.0420. The number of hydrogen-bond donors (Lipinski definition) is 2. The van der Waals surface area contributed by atoms with E-state index in [0.717, 1.165) is 25.8 Å². The van der Waals surface area contributed by atoms with Gasteiger partial charge in [0.15, 0.2) is 0 Å². The minimum absolute atomic E-state index is 0.0477. The topological polar surface area (TPSA) is 61.8 Å². The van der Waals surface area contributed by atoms with E-state index in [9.17, 15) is 9.90 Å². The van der Waals surface area contributed by atoms with Gasteiger partial charge in [-0.3, -0.25) is 0 Å². The number of urea groups is 1. The van der Waals surface area contributed by atoms with Gasteiger partial charge in [0, 0.05) is 26.2 Å². The summed E-state index contributed by atoms with van der Waals surface area (Å²) >= 11 is 0. The zero-order valence-corrected chi connectivity index (χ0v) is 11.9. The number of amides is 2. The molecule has 1 saturated heterocycles. The molecule has 5 heteroatoms. The van der Waals surface area contributed by atoms with Gasteiger partial charge in [-0.15, -0.1) is 0 Å². The summed E-state index contributed by atoms with van der Waals surface area (Å²) in [4.78, 5) is 13.7. The maximum Gasteiger partial charge on any atom is 0.317 e. The first-order chi connectivity index (χ1) is 8.34. The number of aliphatic hydroxyl groups is 1. The molecule has 18 heavy (non-hydrogen) atoms. The molecule has 0 aliphatic carbocycles. The van der Waals surface area contributed by atoms with Crippen molar-refractivity contribution in [3.8, 4) is 0 Å². The second-order valence-electron chi connectivity index (χ2n) is 5.76. The van der Waals surface area contributed by atoms with Gasteiger partial charge in [-0.2, -0.15) is 0 Å². The Morgan fingerprint density at radius 3 is 2.83 bits per heavy atom. The van der Waals surface area contributed by atoms with Crippen LogP contribution >= 0.6 is 0 Å². The van der Waals surface area contributed by atoms with E-state index >= 15 is 0 Å². The highest BCUT2D eigenvalue weighted by Gasteiger charge is 2.25. The third-order valence-electron chi connectivity index (χ3n) is 3.40. The van der Waals surface area contributed by atoms with Crippen LogP contribution in [-0.2, 0) is 4.74 Å². The van der Waals surface area contributed by atoms with Crippen LogP contribution < -0.4 is 5.32 Å². The molecule has 0 radical (unpaired) electrons. The number of nitrogens with zero attached hydrogens (tertiary/aromatic N) is 1. The third kappa shape index (κ3) is 4.82. The second-order valence-corrected chi connectivity index (χ2v) is 5.76. The van der Waals surface area contributed by atoms with Crippen molar-refractivity contribution < 1.29 is 14.6 Å². The summed E-state index contributed by atoms with van der Waals surface area (Å²) in [5.41, 5.74) is -0.242. The fourth-order valence-electron chi connectivity index (χ4n) is 2.31. The number of likely N-dealkylation sites (tertiary alicyclic amines) is 1. The van der Waals surface area contributed by atoms with E-state index in [1.54, 1.807) is 12.0 Å². The van der Waals surface area contributed by atoms with Gasteiger partial charge < -0.3 is 20.1 Å². The lowest BCUT2D eigenvalue weighted by atomic mass is 10.00. The number of piperidine rings is 1. The molecule has 1 rings (SSSR count). The van der Waals surface area contributed by atoms with Crippen molar-refractivity contribution in [2.75, 3.05) is 20.2 Å². The van der Waals surface area contributed by atoms with Gasteiger partial charge >= 0.3 is 6.03 Å². The highest BCUT2D eigenvalue weighted by atomic mass is 16.5. The number of carbonyl (C=O) groups excluding carboxylic acids is 1. The monoisotopic (exact) mass is 258 g/mol. The largest absolute Gasteiger partial charge is 0.391 e. The Hall–Kier alpha value is -0.810. The van der Waals surface area contributed by atoms with E-state index in [1.807, 2.05) is 20.8 Å². The second kappa shape index (κ2) is 6.38. The minimum Gasteiger partial charge on any atom is -0.391 e. The number of ether oxygens (including phenoxy) is 1. The fraction of sp³-hybridized carbons (Fsp3) is 0.923. The van der Waals surface area contributed by atoms with Crippen molar-refractivity contribution in [1.82, 2.24) is 10.2 Å². The maximum absolute atomic E-state index is 12.0. The van der Waals surface area contributed by atoms with E-state index < -0.39 is 0 Å². The number of nitrogens with one attached hydrogen (secondary N) is 1. The predicted molar refractivity (Wildman–Crippen MR) is 70.5 cm³/mol. The van der Waals surface area contributed by atoms with Gasteiger partial charge in [0.05, 0.1) is 11.7 Å². The van der Waals surface area contributed by atoms with E-state index in [1.165, 1.54) is 0 Å². The number of rotatable bonds is 4. The Labute approximate surface area is 109 Å². The summed E-state index contributed by atoms with van der Waals surface area (Å²) < 4.78 is 5.35. The van der Waals surface area contributed by atoms with Crippen molar-refractivity contribution >= 4 is 6.03 Å². The molecule has 2 amide bonds. The number of β-amino-alcohol motifs (C(OH)–C–C–N with tert-alkyl or cyclic N) is 1. The Morgan fingerprint density at radius 1 is 1.61 bits per heavy atom. The molecule has 0 bridgehead atoms. The zero-order chi connectivity index (χ0) is 13.8. The number of hydrogen-bond acceptors (Lipinski definition) is 3. The normalized spacial score (nSPS) is 22.7. The number of carbonyl (C=O) groups is 1. The number of aliphatic hydroxyl groups excluding tert-OH is 1. The fourth-order valence-corrected chi connectivity index (χ4v) is 2.31. The molecule has 0 unspecified atom stereocenters. The molecule has 0 saturated carbocycles. The molecule has 1 fully saturated rings. The van der Waals surface area contributed by atoms with Crippen molar-refractivity contribution in [3.05, 3.63) is 0 Å². The van der Waals surface area contributed by atoms with Gasteiger partial charge in [-0.1, -0.05) is 0 Å². The van der Waals surface area contributed by atoms with E-state index in [4.69, 9.17) is 4.74 Å². The minimum atomic E-state index is -0.379. The Bertz CT molecular complexity index is 281. The summed E-state index contributed by atoms with van der Waals surface area (Å²) in [6.07, 6.45) is 2.03. The first-order valence-corrected chi connectivity index (χ1v) is 6.63. The molecule has 1 aliphatic rings. The molecule has 106 valence electrons. The Balaban J connectivity index is 2.39. The molecule has 2 atom stereocenters. The van der Waals surface area contributed by atoms with Gasteiger partial charge in [-0.25, -0.2) is 4.79 Å². The highest BCUT2D eigenvalue weighted by Crippen LogP contribution is 2.16. The van der Waals surface area contributed by atoms with Crippen molar-refractivity contribution in [3.63, 3.8) is 0 Å². The number of methoxy groups -OCH3 is 1. The van der Waals surface area contributed by atoms with Gasteiger partial charge in [-0.05, 0) is 40.0 Å². The van der Waals surface area contributed by atoms with Crippen molar-refractivity contribution in [1.29, 1.82) is 0 Å². The smallest absolute Gasteiger partial charge is 0.317 e. The highest BCUT2D eigenvalue weighted by molar-refractivity contribution is 5.74. The maximum atomic E-state index is 12.0. The van der Waals surface area contributed by atoms with Crippen LogP contribution in [-0.4, -0.2) is 54.0 Å². The lowest BCUT2D eigenvalue weighted by Gasteiger charge is -2.32. The predicted octanol–water partition coefficient (Wildman–Crippen LogP) is 1.36. The lowest BCUT2D eigenvalue weighted by molar-refractivity contribution is 0.00869. The standard InChI is InChI=1S/C13H26N2O3/c1-10(8-13(2,3)18-4)14-12(17)15-7-5-6-11(16)9-15/h10-11,16H,5-9H2,1-4H3,(H,14,17)/t10-,11+/m0/s1. The lowest BCUT2D eigenvalue weighted by Crippen LogP contribution is -2.50. The van der Waals surface area contributed by atoms with Crippen LogP contribution in [0.1, 0.15) is 40.0 Å². The van der Waals surface area contributed by atoms with Crippen molar-refractivity contribution in [2.24, 2.45) is 0 Å². The average molecular weight is 258 g/mol. The van der Waals surface area contributed by atoms with Crippen LogP contribution in [0.3, 0.4) is 0 Å². The Kier molecular flexibility index (Phi) is 5.41. The molecular weight excluding hydrogens is 232 g/mol. The molecule has 0 aromatic heterocycles. The van der Waals surface area contributed by atoms with Crippen LogP contribution in [0.4, 0.5) is 4.79 Å². The van der Waals surface area contributed by atoms with Crippen LogP contribution in [0.25, 0.3) is 0 Å². The van der Waals surface area contributed by atoms with Gasteiger partial charge in [0.2, 0.25) is 0 Å².